The normalized spacial score (nSPS) is 44.7. The summed E-state index contributed by atoms with van der Waals surface area (Å²) >= 11 is 0. The summed E-state index contributed by atoms with van der Waals surface area (Å²) < 4.78 is 17.8. The Balaban J connectivity index is 1.73. The van der Waals surface area contributed by atoms with Gasteiger partial charge in [-0.1, -0.05) is 13.8 Å². The standard InChI is InChI=1S/C17H24O4/c1-10-12-4-5-16(3)6-7-17(19-8-9-20-17)11(2)13(16)14(12)21-15(10)18/h11,13-14H,4-9H2,1-3H3/t11-,13+,14-,16-/m0/s1. The second-order valence-corrected chi connectivity index (χ2v) is 7.45. The lowest BCUT2D eigenvalue weighted by Gasteiger charge is -2.56. The molecule has 0 aromatic rings. The first-order valence-corrected chi connectivity index (χ1v) is 8.15. The summed E-state index contributed by atoms with van der Waals surface area (Å²) in [4.78, 5) is 12.0. The lowest BCUT2D eigenvalue weighted by atomic mass is 9.53. The van der Waals surface area contributed by atoms with Crippen LogP contribution in [0.2, 0.25) is 0 Å². The van der Waals surface area contributed by atoms with Gasteiger partial charge in [-0.05, 0) is 37.2 Å². The highest BCUT2D eigenvalue weighted by molar-refractivity contribution is 5.91. The molecule has 4 atom stereocenters. The molecule has 4 aliphatic rings. The molecule has 4 nitrogen and oxygen atoms in total. The molecule has 2 aliphatic heterocycles. The van der Waals surface area contributed by atoms with Crippen LogP contribution in [0.15, 0.2) is 11.1 Å². The van der Waals surface area contributed by atoms with Gasteiger partial charge in [0.1, 0.15) is 6.10 Å². The van der Waals surface area contributed by atoms with Gasteiger partial charge in [-0.15, -0.1) is 0 Å². The Bertz CT molecular complexity index is 517. The van der Waals surface area contributed by atoms with Gasteiger partial charge in [-0.2, -0.15) is 0 Å². The van der Waals surface area contributed by atoms with Gasteiger partial charge in [0, 0.05) is 23.8 Å². The van der Waals surface area contributed by atoms with E-state index in [1.165, 1.54) is 5.57 Å². The second kappa shape index (κ2) is 4.32. The minimum Gasteiger partial charge on any atom is -0.454 e. The highest BCUT2D eigenvalue weighted by Crippen LogP contribution is 2.60. The highest BCUT2D eigenvalue weighted by Gasteiger charge is 2.61. The molecule has 4 rings (SSSR count). The zero-order valence-corrected chi connectivity index (χ0v) is 13.1. The number of esters is 1. The maximum atomic E-state index is 12.0. The quantitative estimate of drug-likeness (QED) is 0.644. The van der Waals surface area contributed by atoms with Gasteiger partial charge in [0.15, 0.2) is 5.79 Å². The van der Waals surface area contributed by atoms with E-state index in [0.717, 1.165) is 31.3 Å². The Kier molecular flexibility index (Phi) is 2.84. The van der Waals surface area contributed by atoms with Gasteiger partial charge >= 0.3 is 5.97 Å². The van der Waals surface area contributed by atoms with Crippen LogP contribution in [0.5, 0.6) is 0 Å². The van der Waals surface area contributed by atoms with Crippen molar-refractivity contribution in [1.82, 2.24) is 0 Å². The van der Waals surface area contributed by atoms with E-state index < -0.39 is 5.79 Å². The number of ether oxygens (including phenoxy) is 3. The number of rotatable bonds is 0. The smallest absolute Gasteiger partial charge is 0.334 e. The molecule has 2 saturated carbocycles. The molecule has 4 heteroatoms. The molecule has 21 heavy (non-hydrogen) atoms. The molecule has 0 radical (unpaired) electrons. The molecular formula is C17H24O4. The second-order valence-electron chi connectivity index (χ2n) is 7.45. The maximum Gasteiger partial charge on any atom is 0.334 e. The van der Waals surface area contributed by atoms with Crippen LogP contribution in [0.25, 0.3) is 0 Å². The molecule has 0 N–H and O–H groups in total. The lowest BCUT2D eigenvalue weighted by Crippen LogP contribution is -2.57. The van der Waals surface area contributed by atoms with Crippen LogP contribution >= 0.6 is 0 Å². The van der Waals surface area contributed by atoms with E-state index in [1.807, 2.05) is 6.92 Å². The van der Waals surface area contributed by atoms with Crippen LogP contribution < -0.4 is 0 Å². The van der Waals surface area contributed by atoms with E-state index in [1.54, 1.807) is 0 Å². The van der Waals surface area contributed by atoms with Crippen molar-refractivity contribution in [3.63, 3.8) is 0 Å². The fourth-order valence-corrected chi connectivity index (χ4v) is 5.19. The predicted molar refractivity (Wildman–Crippen MR) is 76.4 cm³/mol. The molecule has 1 saturated heterocycles. The summed E-state index contributed by atoms with van der Waals surface area (Å²) in [6, 6.07) is 0. The molecule has 0 unspecified atom stereocenters. The largest absolute Gasteiger partial charge is 0.454 e. The van der Waals surface area contributed by atoms with Gasteiger partial charge in [-0.25, -0.2) is 4.79 Å². The van der Waals surface area contributed by atoms with Crippen molar-refractivity contribution in [2.24, 2.45) is 17.3 Å². The molecule has 2 aliphatic carbocycles. The summed E-state index contributed by atoms with van der Waals surface area (Å²) in [5.41, 5.74) is 2.28. The monoisotopic (exact) mass is 292 g/mol. The summed E-state index contributed by atoms with van der Waals surface area (Å²) in [5, 5.41) is 0. The van der Waals surface area contributed by atoms with Gasteiger partial charge in [0.05, 0.1) is 13.2 Å². The maximum absolute atomic E-state index is 12.0. The molecule has 2 heterocycles. The number of carbonyl (C=O) groups excluding carboxylic acids is 1. The SMILES string of the molecule is CC1=C2CC[C@@]3(C)CCC4(OCCO4)[C@@H](C)[C@@H]3[C@H]2OC1=O. The van der Waals surface area contributed by atoms with Gasteiger partial charge in [0.2, 0.25) is 0 Å². The van der Waals surface area contributed by atoms with Crippen LogP contribution in [-0.2, 0) is 19.0 Å². The Morgan fingerprint density at radius 3 is 2.57 bits per heavy atom. The van der Waals surface area contributed by atoms with E-state index in [0.29, 0.717) is 19.1 Å². The van der Waals surface area contributed by atoms with Crippen LogP contribution in [-0.4, -0.2) is 31.1 Å². The molecule has 116 valence electrons. The summed E-state index contributed by atoms with van der Waals surface area (Å²) in [6.45, 7) is 7.85. The summed E-state index contributed by atoms with van der Waals surface area (Å²) in [6.07, 6.45) is 4.12. The van der Waals surface area contributed by atoms with Gasteiger partial charge in [0.25, 0.3) is 0 Å². The van der Waals surface area contributed by atoms with Crippen molar-refractivity contribution in [3.05, 3.63) is 11.1 Å². The molecule has 0 aromatic carbocycles. The Morgan fingerprint density at radius 2 is 1.86 bits per heavy atom. The summed E-state index contributed by atoms with van der Waals surface area (Å²) in [5.74, 6) is -0.0261. The predicted octanol–water partition coefficient (Wildman–Crippen LogP) is 2.82. The van der Waals surface area contributed by atoms with E-state index in [9.17, 15) is 4.79 Å². The number of hydrogen-bond acceptors (Lipinski definition) is 4. The third kappa shape index (κ3) is 1.72. The first-order chi connectivity index (χ1) is 9.97. The molecule has 0 amide bonds. The first kappa shape index (κ1) is 13.8. The number of fused-ring (bicyclic) bond motifs is 3. The fourth-order valence-electron chi connectivity index (χ4n) is 5.19. The molecule has 0 bridgehead atoms. The fraction of sp³-hybridized carbons (Fsp3) is 0.824. The minimum atomic E-state index is -0.449. The van der Waals surface area contributed by atoms with E-state index in [4.69, 9.17) is 14.2 Å². The first-order valence-electron chi connectivity index (χ1n) is 8.15. The lowest BCUT2D eigenvalue weighted by molar-refractivity contribution is -0.255. The van der Waals surface area contributed by atoms with Crippen molar-refractivity contribution in [3.8, 4) is 0 Å². The average molecular weight is 292 g/mol. The average Bonchev–Trinajstić information content (AvgIpc) is 3.03. The van der Waals surface area contributed by atoms with Crippen LogP contribution in [0.4, 0.5) is 0 Å². The van der Waals surface area contributed by atoms with Crippen LogP contribution in [0, 0.1) is 17.3 Å². The van der Waals surface area contributed by atoms with Gasteiger partial charge < -0.3 is 14.2 Å². The van der Waals surface area contributed by atoms with E-state index in [-0.39, 0.29) is 23.4 Å². The number of carbonyl (C=O) groups is 1. The van der Waals surface area contributed by atoms with Gasteiger partial charge in [-0.3, -0.25) is 0 Å². The third-order valence-electron chi connectivity index (χ3n) is 6.51. The third-order valence-corrected chi connectivity index (χ3v) is 6.51. The zero-order valence-electron chi connectivity index (χ0n) is 13.1. The van der Waals surface area contributed by atoms with Crippen molar-refractivity contribution >= 4 is 5.97 Å². The van der Waals surface area contributed by atoms with Crippen molar-refractivity contribution in [2.75, 3.05) is 13.2 Å². The van der Waals surface area contributed by atoms with E-state index in [2.05, 4.69) is 13.8 Å². The number of hydrogen-bond donors (Lipinski definition) is 0. The van der Waals surface area contributed by atoms with Crippen molar-refractivity contribution < 1.29 is 19.0 Å². The zero-order chi connectivity index (χ0) is 14.8. The molecule has 1 spiro atoms. The minimum absolute atomic E-state index is 0.0591. The van der Waals surface area contributed by atoms with Crippen LogP contribution in [0.3, 0.4) is 0 Å². The van der Waals surface area contributed by atoms with Crippen molar-refractivity contribution in [2.45, 2.75) is 58.3 Å². The van der Waals surface area contributed by atoms with E-state index >= 15 is 0 Å². The Morgan fingerprint density at radius 1 is 1.14 bits per heavy atom. The summed E-state index contributed by atoms with van der Waals surface area (Å²) in [7, 11) is 0. The molecule has 0 aromatic heterocycles. The molecule has 3 fully saturated rings. The Hall–Kier alpha value is -0.870. The van der Waals surface area contributed by atoms with Crippen molar-refractivity contribution in [1.29, 1.82) is 0 Å². The molecular weight excluding hydrogens is 268 g/mol. The Labute approximate surface area is 125 Å². The topological polar surface area (TPSA) is 44.8 Å². The highest BCUT2D eigenvalue weighted by atomic mass is 16.7. The van der Waals surface area contributed by atoms with Crippen LogP contribution in [0.1, 0.15) is 46.5 Å².